The van der Waals surface area contributed by atoms with Crippen molar-refractivity contribution in [3.8, 4) is 17.1 Å². The second-order valence-corrected chi connectivity index (χ2v) is 4.20. The van der Waals surface area contributed by atoms with Crippen molar-refractivity contribution in [1.29, 1.82) is 0 Å². The zero-order valence-electron chi connectivity index (χ0n) is 9.87. The van der Waals surface area contributed by atoms with Gasteiger partial charge in [-0.2, -0.15) is 13.9 Å². The highest BCUT2D eigenvalue weighted by atomic mass is 35.5. The van der Waals surface area contributed by atoms with Crippen molar-refractivity contribution in [2.75, 3.05) is 0 Å². The van der Waals surface area contributed by atoms with Crippen LogP contribution >= 0.6 is 11.6 Å². The number of alkyl halides is 2. The van der Waals surface area contributed by atoms with E-state index in [1.807, 2.05) is 0 Å². The van der Waals surface area contributed by atoms with Crippen molar-refractivity contribution < 1.29 is 13.5 Å². The fraction of sp³-hybridized carbons (Fsp3) is 0.0833. The Bertz CT molecular complexity index is 745. The van der Waals surface area contributed by atoms with Gasteiger partial charge in [0, 0.05) is 5.56 Å². The molecular formula is C12H7ClF2N4O. The Morgan fingerprint density at radius 3 is 2.70 bits per heavy atom. The first kappa shape index (κ1) is 12.7. The van der Waals surface area contributed by atoms with Crippen LogP contribution < -0.4 is 4.74 Å². The summed E-state index contributed by atoms with van der Waals surface area (Å²) in [5.74, 6) is -0.234. The normalized spacial score (nSPS) is 11.2. The molecule has 102 valence electrons. The van der Waals surface area contributed by atoms with Crippen LogP contribution in [0.25, 0.3) is 16.8 Å². The molecule has 0 aliphatic heterocycles. The third-order valence-corrected chi connectivity index (χ3v) is 2.91. The first-order chi connectivity index (χ1) is 9.65. The molecule has 0 saturated carbocycles. The van der Waals surface area contributed by atoms with E-state index in [4.69, 9.17) is 11.6 Å². The van der Waals surface area contributed by atoms with E-state index in [0.29, 0.717) is 10.8 Å². The van der Waals surface area contributed by atoms with E-state index >= 15 is 0 Å². The molecule has 0 aromatic carbocycles. The molecule has 3 rings (SSSR count). The molecule has 0 amide bonds. The lowest BCUT2D eigenvalue weighted by molar-refractivity contribution is -0.0530. The zero-order valence-corrected chi connectivity index (χ0v) is 10.6. The average Bonchev–Trinajstić information content (AvgIpc) is 2.90. The minimum atomic E-state index is -2.92. The largest absolute Gasteiger partial charge is 0.415 e. The predicted octanol–water partition coefficient (Wildman–Crippen LogP) is 3.05. The van der Waals surface area contributed by atoms with Gasteiger partial charge in [0.2, 0.25) is 5.88 Å². The number of rotatable bonds is 3. The molecule has 0 unspecified atom stereocenters. The lowest BCUT2D eigenvalue weighted by atomic mass is 10.2. The van der Waals surface area contributed by atoms with Gasteiger partial charge in [0.25, 0.3) is 0 Å². The molecule has 0 aliphatic rings. The quantitative estimate of drug-likeness (QED) is 0.697. The van der Waals surface area contributed by atoms with Crippen LogP contribution in [0.3, 0.4) is 0 Å². The number of ether oxygens (including phenoxy) is 1. The molecule has 3 heterocycles. The predicted molar refractivity (Wildman–Crippen MR) is 67.9 cm³/mol. The summed E-state index contributed by atoms with van der Waals surface area (Å²) in [5, 5.41) is 4.53. The maximum absolute atomic E-state index is 12.0. The molecule has 0 spiro atoms. The molecular weight excluding hydrogens is 290 g/mol. The molecule has 20 heavy (non-hydrogen) atoms. The summed E-state index contributed by atoms with van der Waals surface area (Å²) < 4.78 is 29.8. The number of nitrogens with zero attached hydrogens (tertiary/aromatic N) is 4. The van der Waals surface area contributed by atoms with Gasteiger partial charge in [0.05, 0.1) is 29.8 Å². The van der Waals surface area contributed by atoms with Crippen molar-refractivity contribution in [2.45, 2.75) is 6.61 Å². The van der Waals surface area contributed by atoms with Crippen molar-refractivity contribution in [3.05, 3.63) is 41.9 Å². The molecule has 0 aliphatic carbocycles. The van der Waals surface area contributed by atoms with Crippen LogP contribution in [-0.2, 0) is 0 Å². The van der Waals surface area contributed by atoms with Crippen LogP contribution in [0.4, 0.5) is 8.78 Å². The topological polar surface area (TPSA) is 52.3 Å². The molecule has 0 bridgehead atoms. The highest BCUT2D eigenvalue weighted by Gasteiger charge is 2.10. The maximum Gasteiger partial charge on any atom is 0.388 e. The number of hydrogen-bond acceptors (Lipinski definition) is 4. The van der Waals surface area contributed by atoms with E-state index in [-0.39, 0.29) is 5.88 Å². The molecule has 0 fully saturated rings. The number of fused-ring (bicyclic) bond motifs is 1. The minimum absolute atomic E-state index is 0.234. The van der Waals surface area contributed by atoms with Gasteiger partial charge in [-0.15, -0.1) is 0 Å². The Hall–Kier alpha value is -2.28. The van der Waals surface area contributed by atoms with Crippen molar-refractivity contribution >= 4 is 17.1 Å². The third-order valence-electron chi connectivity index (χ3n) is 2.62. The van der Waals surface area contributed by atoms with Crippen molar-refractivity contribution in [1.82, 2.24) is 19.6 Å². The molecule has 8 heteroatoms. The van der Waals surface area contributed by atoms with Gasteiger partial charge in [0.15, 0.2) is 0 Å². The Kier molecular flexibility index (Phi) is 3.19. The summed E-state index contributed by atoms with van der Waals surface area (Å²) >= 11 is 6.00. The summed E-state index contributed by atoms with van der Waals surface area (Å²) in [6.07, 6.45) is 4.10. The standard InChI is InChI=1S/C12H7ClF2N4O/c13-10-2-1-7(9-3-4-18-19(9)10)8-5-17-11(6-16-8)20-12(14)15/h1-6,12H. The van der Waals surface area contributed by atoms with Gasteiger partial charge < -0.3 is 4.74 Å². The SMILES string of the molecule is FC(F)Oc1cnc(-c2ccc(Cl)n3nccc23)cn1. The number of aromatic nitrogens is 4. The second kappa shape index (κ2) is 5.01. The number of halogens is 3. The van der Waals surface area contributed by atoms with E-state index in [2.05, 4.69) is 19.8 Å². The Morgan fingerprint density at radius 2 is 2.00 bits per heavy atom. The van der Waals surface area contributed by atoms with Crippen LogP contribution in [0.2, 0.25) is 5.15 Å². The lowest BCUT2D eigenvalue weighted by Gasteiger charge is -2.06. The molecule has 0 saturated heterocycles. The van der Waals surface area contributed by atoms with E-state index in [0.717, 1.165) is 17.3 Å². The van der Waals surface area contributed by atoms with Crippen LogP contribution in [-0.4, -0.2) is 26.2 Å². The van der Waals surface area contributed by atoms with Gasteiger partial charge in [-0.25, -0.2) is 14.5 Å². The molecule has 5 nitrogen and oxygen atoms in total. The summed E-state index contributed by atoms with van der Waals surface area (Å²) in [5.41, 5.74) is 1.99. The highest BCUT2D eigenvalue weighted by molar-refractivity contribution is 6.29. The fourth-order valence-corrected chi connectivity index (χ4v) is 2.01. The van der Waals surface area contributed by atoms with Crippen LogP contribution in [0.1, 0.15) is 0 Å². The maximum atomic E-state index is 12.0. The summed E-state index contributed by atoms with van der Waals surface area (Å²) in [6.45, 7) is -2.92. The molecule has 0 radical (unpaired) electrons. The monoisotopic (exact) mass is 296 g/mol. The van der Waals surface area contributed by atoms with Gasteiger partial charge in [-0.1, -0.05) is 11.6 Å². The third kappa shape index (κ3) is 2.27. The first-order valence-electron chi connectivity index (χ1n) is 5.54. The number of hydrogen-bond donors (Lipinski definition) is 0. The van der Waals surface area contributed by atoms with E-state index < -0.39 is 6.61 Å². The van der Waals surface area contributed by atoms with Crippen LogP contribution in [0.15, 0.2) is 36.8 Å². The van der Waals surface area contributed by atoms with Crippen LogP contribution in [0.5, 0.6) is 5.88 Å². The van der Waals surface area contributed by atoms with Gasteiger partial charge in [-0.3, -0.25) is 0 Å². The molecule has 3 aromatic rings. The van der Waals surface area contributed by atoms with Crippen LogP contribution in [0, 0.1) is 0 Å². The minimum Gasteiger partial charge on any atom is -0.415 e. The van der Waals surface area contributed by atoms with E-state index in [1.165, 1.54) is 6.20 Å². The molecule has 0 N–H and O–H groups in total. The fourth-order valence-electron chi connectivity index (χ4n) is 1.81. The summed E-state index contributed by atoms with van der Waals surface area (Å²) in [7, 11) is 0. The van der Waals surface area contributed by atoms with Gasteiger partial charge >= 0.3 is 6.61 Å². The van der Waals surface area contributed by atoms with Crippen molar-refractivity contribution in [2.24, 2.45) is 0 Å². The Labute approximate surface area is 116 Å². The molecule has 0 atom stereocenters. The zero-order chi connectivity index (χ0) is 14.1. The number of pyridine rings is 1. The van der Waals surface area contributed by atoms with E-state index in [1.54, 1.807) is 28.9 Å². The smallest absolute Gasteiger partial charge is 0.388 e. The van der Waals surface area contributed by atoms with Gasteiger partial charge in [-0.05, 0) is 18.2 Å². The summed E-state index contributed by atoms with van der Waals surface area (Å²) in [6, 6.07) is 5.20. The Balaban J connectivity index is 2.03. The summed E-state index contributed by atoms with van der Waals surface area (Å²) in [4.78, 5) is 7.84. The second-order valence-electron chi connectivity index (χ2n) is 3.82. The average molecular weight is 297 g/mol. The molecule has 3 aromatic heterocycles. The lowest BCUT2D eigenvalue weighted by Crippen LogP contribution is -2.04. The first-order valence-corrected chi connectivity index (χ1v) is 5.92. The highest BCUT2D eigenvalue weighted by Crippen LogP contribution is 2.25. The van der Waals surface area contributed by atoms with E-state index in [9.17, 15) is 8.78 Å². The van der Waals surface area contributed by atoms with Gasteiger partial charge in [0.1, 0.15) is 5.15 Å². The Morgan fingerprint density at radius 1 is 1.15 bits per heavy atom. The van der Waals surface area contributed by atoms with Crippen molar-refractivity contribution in [3.63, 3.8) is 0 Å².